The van der Waals surface area contributed by atoms with E-state index in [1.807, 2.05) is 30.3 Å². The van der Waals surface area contributed by atoms with Crippen LogP contribution in [0.25, 0.3) is 11.5 Å². The predicted molar refractivity (Wildman–Crippen MR) is 82.4 cm³/mol. The van der Waals surface area contributed by atoms with Crippen LogP contribution in [0.2, 0.25) is 5.02 Å². The molecule has 0 unspecified atom stereocenters. The normalized spacial score (nSPS) is 10.4. The fourth-order valence-electron chi connectivity index (χ4n) is 1.91. The summed E-state index contributed by atoms with van der Waals surface area (Å²) in [5.74, 6) is -0.233. The maximum atomic E-state index is 12.0. The molecule has 0 bridgehead atoms. The molecule has 0 aliphatic rings. The Morgan fingerprint density at radius 2 is 1.91 bits per heavy atom. The van der Waals surface area contributed by atoms with Gasteiger partial charge in [-0.15, -0.1) is 10.2 Å². The van der Waals surface area contributed by atoms with Crippen LogP contribution in [0.1, 0.15) is 16.2 Å². The highest BCUT2D eigenvalue weighted by Crippen LogP contribution is 2.21. The van der Waals surface area contributed by atoms with Gasteiger partial charge in [0.25, 0.3) is 0 Å². The Labute approximate surface area is 131 Å². The van der Waals surface area contributed by atoms with E-state index in [0.29, 0.717) is 17.1 Å². The molecule has 0 aliphatic carbocycles. The number of nitrogens with zero attached hydrogens (tertiary/aromatic N) is 2. The molecule has 3 aromatic rings. The summed E-state index contributed by atoms with van der Waals surface area (Å²) in [5, 5.41) is 10.9. The van der Waals surface area contributed by atoms with Gasteiger partial charge in [-0.2, -0.15) is 0 Å². The molecule has 0 saturated heterocycles. The van der Waals surface area contributed by atoms with Gasteiger partial charge in [0.1, 0.15) is 0 Å². The van der Waals surface area contributed by atoms with Crippen molar-refractivity contribution in [1.29, 1.82) is 0 Å². The number of carbonyl (C=O) groups is 1. The first-order chi connectivity index (χ1) is 10.7. The maximum absolute atomic E-state index is 12.0. The van der Waals surface area contributed by atoms with Crippen LogP contribution in [-0.4, -0.2) is 16.1 Å². The summed E-state index contributed by atoms with van der Waals surface area (Å²) in [4.78, 5) is 12.0. The van der Waals surface area contributed by atoms with Crippen molar-refractivity contribution in [3.8, 4) is 11.5 Å². The van der Waals surface area contributed by atoms with Crippen LogP contribution < -0.4 is 5.32 Å². The van der Waals surface area contributed by atoms with Gasteiger partial charge in [0, 0.05) is 17.1 Å². The first-order valence-corrected chi connectivity index (χ1v) is 7.02. The van der Waals surface area contributed by atoms with E-state index in [4.69, 9.17) is 16.0 Å². The van der Waals surface area contributed by atoms with Crippen LogP contribution in [0.4, 0.5) is 0 Å². The summed E-state index contributed by atoms with van der Waals surface area (Å²) in [5.41, 5.74) is 1.66. The average Bonchev–Trinajstić information content (AvgIpc) is 3.04. The van der Waals surface area contributed by atoms with Crippen molar-refractivity contribution in [2.75, 3.05) is 0 Å². The standard InChI is InChI=1S/C16H12ClN3O2/c17-13-8-4-7-12(9-13)15-19-20-16(22-15)14(21)18-10-11-5-2-1-3-6-11/h1-9H,10H2,(H,18,21). The third-order valence-electron chi connectivity index (χ3n) is 2.99. The molecule has 1 heterocycles. The average molecular weight is 314 g/mol. The van der Waals surface area contributed by atoms with E-state index in [2.05, 4.69) is 15.5 Å². The van der Waals surface area contributed by atoms with Crippen molar-refractivity contribution in [1.82, 2.24) is 15.5 Å². The highest BCUT2D eigenvalue weighted by molar-refractivity contribution is 6.30. The molecule has 3 rings (SSSR count). The van der Waals surface area contributed by atoms with Crippen LogP contribution in [0, 0.1) is 0 Å². The number of halogens is 1. The lowest BCUT2D eigenvalue weighted by Gasteiger charge is -2.01. The number of rotatable bonds is 4. The van der Waals surface area contributed by atoms with Crippen molar-refractivity contribution in [2.45, 2.75) is 6.54 Å². The zero-order valence-corrected chi connectivity index (χ0v) is 12.2. The molecule has 0 aliphatic heterocycles. The molecule has 22 heavy (non-hydrogen) atoms. The Kier molecular flexibility index (Phi) is 4.16. The Bertz CT molecular complexity index is 787. The second-order valence-corrected chi connectivity index (χ2v) is 5.03. The van der Waals surface area contributed by atoms with Crippen LogP contribution in [-0.2, 0) is 6.54 Å². The number of nitrogens with one attached hydrogen (secondary N) is 1. The smallest absolute Gasteiger partial charge is 0.309 e. The number of amides is 1. The van der Waals surface area contributed by atoms with E-state index in [1.165, 1.54) is 0 Å². The van der Waals surface area contributed by atoms with E-state index >= 15 is 0 Å². The Morgan fingerprint density at radius 3 is 2.68 bits per heavy atom. The van der Waals surface area contributed by atoms with Crippen LogP contribution >= 0.6 is 11.6 Å². The molecule has 1 amide bonds. The lowest BCUT2D eigenvalue weighted by Crippen LogP contribution is -2.23. The van der Waals surface area contributed by atoms with Gasteiger partial charge in [-0.3, -0.25) is 4.79 Å². The highest BCUT2D eigenvalue weighted by Gasteiger charge is 2.15. The number of carbonyl (C=O) groups excluding carboxylic acids is 1. The molecule has 0 fully saturated rings. The Morgan fingerprint density at radius 1 is 1.09 bits per heavy atom. The first kappa shape index (κ1) is 14.3. The van der Waals surface area contributed by atoms with E-state index in [-0.39, 0.29) is 11.8 Å². The molecule has 110 valence electrons. The molecule has 0 atom stereocenters. The van der Waals surface area contributed by atoms with Crippen molar-refractivity contribution in [3.63, 3.8) is 0 Å². The van der Waals surface area contributed by atoms with Crippen LogP contribution in [0.3, 0.4) is 0 Å². The molecule has 0 spiro atoms. The molecular weight excluding hydrogens is 302 g/mol. The van der Waals surface area contributed by atoms with Crippen LogP contribution in [0.5, 0.6) is 0 Å². The van der Waals surface area contributed by atoms with Crippen LogP contribution in [0.15, 0.2) is 59.0 Å². The van der Waals surface area contributed by atoms with E-state index in [9.17, 15) is 4.79 Å². The molecule has 1 N–H and O–H groups in total. The summed E-state index contributed by atoms with van der Waals surface area (Å²) < 4.78 is 5.38. The largest absolute Gasteiger partial charge is 0.412 e. The van der Waals surface area contributed by atoms with Gasteiger partial charge in [0.2, 0.25) is 5.89 Å². The first-order valence-electron chi connectivity index (χ1n) is 6.64. The maximum Gasteiger partial charge on any atom is 0.309 e. The molecule has 0 radical (unpaired) electrons. The monoisotopic (exact) mass is 313 g/mol. The minimum absolute atomic E-state index is 0.0779. The molecule has 1 aromatic heterocycles. The van der Waals surface area contributed by atoms with Gasteiger partial charge in [-0.1, -0.05) is 48.0 Å². The molecule has 5 nitrogen and oxygen atoms in total. The summed E-state index contributed by atoms with van der Waals surface area (Å²) in [7, 11) is 0. The summed E-state index contributed by atoms with van der Waals surface area (Å²) in [6, 6.07) is 16.6. The van der Waals surface area contributed by atoms with Gasteiger partial charge in [0.15, 0.2) is 0 Å². The van der Waals surface area contributed by atoms with Crippen molar-refractivity contribution in [3.05, 3.63) is 71.1 Å². The van der Waals surface area contributed by atoms with Gasteiger partial charge < -0.3 is 9.73 Å². The second-order valence-electron chi connectivity index (χ2n) is 4.59. The number of hydrogen-bond acceptors (Lipinski definition) is 4. The third kappa shape index (κ3) is 3.32. The topological polar surface area (TPSA) is 68.0 Å². The van der Waals surface area contributed by atoms with E-state index in [1.54, 1.807) is 24.3 Å². The minimum Gasteiger partial charge on any atom is -0.412 e. The predicted octanol–water partition coefficient (Wildman–Crippen LogP) is 3.32. The van der Waals surface area contributed by atoms with Crippen molar-refractivity contribution < 1.29 is 9.21 Å². The zero-order valence-electron chi connectivity index (χ0n) is 11.5. The van der Waals surface area contributed by atoms with E-state index < -0.39 is 5.91 Å². The summed E-state index contributed by atoms with van der Waals surface area (Å²) in [6.07, 6.45) is 0. The van der Waals surface area contributed by atoms with Gasteiger partial charge in [-0.25, -0.2) is 0 Å². The van der Waals surface area contributed by atoms with Gasteiger partial charge in [-0.05, 0) is 23.8 Å². The van der Waals surface area contributed by atoms with Crippen molar-refractivity contribution in [2.24, 2.45) is 0 Å². The number of hydrogen-bond donors (Lipinski definition) is 1. The number of aromatic nitrogens is 2. The molecule has 6 heteroatoms. The van der Waals surface area contributed by atoms with Crippen molar-refractivity contribution >= 4 is 17.5 Å². The number of benzene rings is 2. The highest BCUT2D eigenvalue weighted by atomic mass is 35.5. The second kappa shape index (κ2) is 6.41. The SMILES string of the molecule is O=C(NCc1ccccc1)c1nnc(-c2cccc(Cl)c2)o1. The Hall–Kier alpha value is -2.66. The molecular formula is C16H12ClN3O2. The zero-order chi connectivity index (χ0) is 15.4. The summed E-state index contributed by atoms with van der Waals surface area (Å²) >= 11 is 5.91. The molecule has 0 saturated carbocycles. The third-order valence-corrected chi connectivity index (χ3v) is 3.22. The minimum atomic E-state index is -0.412. The summed E-state index contributed by atoms with van der Waals surface area (Å²) in [6.45, 7) is 0.397. The fourth-order valence-corrected chi connectivity index (χ4v) is 2.10. The van der Waals surface area contributed by atoms with Gasteiger partial charge >= 0.3 is 11.8 Å². The molecule has 2 aromatic carbocycles. The fraction of sp³-hybridized carbons (Fsp3) is 0.0625. The van der Waals surface area contributed by atoms with Gasteiger partial charge in [0.05, 0.1) is 0 Å². The van der Waals surface area contributed by atoms with E-state index in [0.717, 1.165) is 5.56 Å². The lowest BCUT2D eigenvalue weighted by molar-refractivity contribution is 0.0917. The quantitative estimate of drug-likeness (QED) is 0.802. The Balaban J connectivity index is 1.69. The lowest BCUT2D eigenvalue weighted by atomic mass is 10.2.